The van der Waals surface area contributed by atoms with Crippen molar-refractivity contribution >= 4 is 26.8 Å². The molecule has 1 aromatic heterocycles. The van der Waals surface area contributed by atoms with Crippen molar-refractivity contribution in [2.45, 2.75) is 37.5 Å². The normalized spacial score (nSPS) is 18.5. The lowest BCUT2D eigenvalue weighted by Gasteiger charge is -2.35. The molecule has 1 amide bonds. The zero-order chi connectivity index (χ0) is 30.9. The van der Waals surface area contributed by atoms with Gasteiger partial charge in [0.2, 0.25) is 10.0 Å². The molecule has 0 spiro atoms. The highest BCUT2D eigenvalue weighted by molar-refractivity contribution is 7.89. The fraction of sp³-hybridized carbons (Fsp3) is 0.333. The van der Waals surface area contributed by atoms with Gasteiger partial charge in [0.1, 0.15) is 11.8 Å². The molecule has 0 aliphatic carbocycles. The van der Waals surface area contributed by atoms with Crippen LogP contribution < -0.4 is 0 Å². The average Bonchev–Trinajstić information content (AvgIpc) is 3.31. The Kier molecular flexibility index (Phi) is 8.71. The Morgan fingerprint density at radius 2 is 1.77 bits per heavy atom. The van der Waals surface area contributed by atoms with E-state index in [1.54, 1.807) is 24.0 Å². The maximum absolute atomic E-state index is 14.5. The van der Waals surface area contributed by atoms with E-state index in [9.17, 15) is 23.6 Å². The predicted molar refractivity (Wildman–Crippen MR) is 165 cm³/mol. The Morgan fingerprint density at radius 3 is 2.51 bits per heavy atom. The molecule has 1 N–H and O–H groups in total. The van der Waals surface area contributed by atoms with E-state index in [1.165, 1.54) is 23.5 Å². The van der Waals surface area contributed by atoms with E-state index < -0.39 is 22.2 Å². The Bertz CT molecular complexity index is 1810. The summed E-state index contributed by atoms with van der Waals surface area (Å²) in [5.74, 6) is -0.535. The minimum absolute atomic E-state index is 0.00313. The van der Waals surface area contributed by atoms with Crippen LogP contribution in [0.5, 0.6) is 0 Å². The Hall–Kier alpha value is -4.01. The quantitative estimate of drug-likeness (QED) is 0.351. The molecule has 224 valence electrons. The van der Waals surface area contributed by atoms with Crippen molar-refractivity contribution < 1.29 is 23.1 Å². The standard InChI is InChI=1S/C33H36N4O5S/c1-22-18-37(23(2)20-38)33(39)32-31(27-14-8-9-15-28(27)36(32)4)26-13-7-5-12-25(26)21-42-29(22)19-35(3)43(40,41)30-16-10-6-11-24(30)17-34/h5-16,22-23,29,38H,18-21H2,1-4H3/t22-,23+,29-/m1/s1. The molecule has 9 nitrogen and oxygen atoms in total. The van der Waals surface area contributed by atoms with E-state index in [4.69, 9.17) is 4.74 Å². The van der Waals surface area contributed by atoms with Crippen LogP contribution in [-0.2, 0) is 28.4 Å². The number of aliphatic hydroxyl groups is 1. The van der Waals surface area contributed by atoms with Crippen molar-refractivity contribution in [2.75, 3.05) is 26.7 Å². The molecule has 1 aliphatic heterocycles. The van der Waals surface area contributed by atoms with Gasteiger partial charge in [-0.25, -0.2) is 8.42 Å². The van der Waals surface area contributed by atoms with E-state index in [0.29, 0.717) is 5.69 Å². The molecular formula is C33H36N4O5S. The third-order valence-corrected chi connectivity index (χ3v) is 10.2. The number of likely N-dealkylation sites (N-methyl/N-ethyl adjacent to an activating group) is 1. The molecule has 3 atom stereocenters. The van der Waals surface area contributed by atoms with Crippen molar-refractivity contribution in [3.63, 3.8) is 0 Å². The number of nitriles is 1. The number of sulfonamides is 1. The summed E-state index contributed by atoms with van der Waals surface area (Å²) in [5.41, 5.74) is 4.04. The van der Waals surface area contributed by atoms with Crippen LogP contribution in [0.3, 0.4) is 0 Å². The highest BCUT2D eigenvalue weighted by Gasteiger charge is 2.35. The van der Waals surface area contributed by atoms with Crippen LogP contribution in [0, 0.1) is 17.2 Å². The summed E-state index contributed by atoms with van der Waals surface area (Å²) >= 11 is 0. The second kappa shape index (κ2) is 12.3. The zero-order valence-electron chi connectivity index (χ0n) is 24.8. The summed E-state index contributed by atoms with van der Waals surface area (Å²) in [6.45, 7) is 3.90. The smallest absolute Gasteiger partial charge is 0.271 e. The lowest BCUT2D eigenvalue weighted by Crippen LogP contribution is -2.48. The Balaban J connectivity index is 1.61. The van der Waals surface area contributed by atoms with Crippen LogP contribution >= 0.6 is 0 Å². The number of aryl methyl sites for hydroxylation is 1. The number of benzene rings is 3. The number of ether oxygens (including phenoxy) is 1. The number of fused-ring (bicyclic) bond motifs is 5. The molecule has 0 saturated carbocycles. The fourth-order valence-electron chi connectivity index (χ4n) is 5.83. The van der Waals surface area contributed by atoms with Gasteiger partial charge in [0, 0.05) is 49.6 Å². The molecule has 0 unspecified atom stereocenters. The first-order valence-electron chi connectivity index (χ1n) is 14.2. The summed E-state index contributed by atoms with van der Waals surface area (Å²) in [7, 11) is -0.661. The van der Waals surface area contributed by atoms with Crippen LogP contribution in [0.2, 0.25) is 0 Å². The van der Waals surface area contributed by atoms with E-state index in [2.05, 4.69) is 0 Å². The average molecular weight is 601 g/mol. The minimum atomic E-state index is -4.01. The number of aliphatic hydroxyl groups excluding tert-OH is 1. The van der Waals surface area contributed by atoms with E-state index in [-0.39, 0.29) is 48.6 Å². The van der Waals surface area contributed by atoms with Crippen LogP contribution in [-0.4, -0.2) is 72.1 Å². The third kappa shape index (κ3) is 5.57. The fourth-order valence-corrected chi connectivity index (χ4v) is 7.15. The van der Waals surface area contributed by atoms with Gasteiger partial charge in [-0.2, -0.15) is 9.57 Å². The molecule has 5 rings (SSSR count). The topological polar surface area (TPSA) is 116 Å². The molecule has 10 heteroatoms. The van der Waals surface area contributed by atoms with Gasteiger partial charge >= 0.3 is 0 Å². The lowest BCUT2D eigenvalue weighted by atomic mass is 9.96. The molecule has 4 aromatic rings. The van der Waals surface area contributed by atoms with Crippen molar-refractivity contribution in [1.82, 2.24) is 13.8 Å². The number of rotatable bonds is 6. The number of carbonyl (C=O) groups is 1. The first-order valence-corrected chi connectivity index (χ1v) is 15.7. The molecule has 0 radical (unpaired) electrons. The maximum Gasteiger partial charge on any atom is 0.271 e. The zero-order valence-corrected chi connectivity index (χ0v) is 25.6. The van der Waals surface area contributed by atoms with Crippen molar-refractivity contribution in [3.8, 4) is 17.2 Å². The number of aromatic nitrogens is 1. The van der Waals surface area contributed by atoms with Crippen LogP contribution in [0.4, 0.5) is 0 Å². The molecular weight excluding hydrogens is 564 g/mol. The van der Waals surface area contributed by atoms with Gasteiger partial charge in [0.15, 0.2) is 0 Å². The molecule has 0 bridgehead atoms. The van der Waals surface area contributed by atoms with Crippen molar-refractivity contribution in [3.05, 3.63) is 89.6 Å². The van der Waals surface area contributed by atoms with Gasteiger partial charge in [-0.1, -0.05) is 61.5 Å². The van der Waals surface area contributed by atoms with Crippen LogP contribution in [0.15, 0.2) is 77.7 Å². The summed E-state index contributed by atoms with van der Waals surface area (Å²) in [6, 6.07) is 23.2. The third-order valence-electron chi connectivity index (χ3n) is 8.36. The summed E-state index contributed by atoms with van der Waals surface area (Å²) < 4.78 is 36.8. The van der Waals surface area contributed by atoms with Gasteiger partial charge < -0.3 is 19.3 Å². The number of nitrogens with zero attached hydrogens (tertiary/aromatic N) is 4. The first-order chi connectivity index (χ1) is 20.6. The highest BCUT2D eigenvalue weighted by Crippen LogP contribution is 2.38. The summed E-state index contributed by atoms with van der Waals surface area (Å²) in [5, 5.41) is 20.7. The SMILES string of the molecule is C[C@@H]1CN([C@@H](C)CO)C(=O)c2c(c3ccccc3n2C)-c2ccccc2CO[C@@H]1CN(C)S(=O)(=O)c1ccccc1C#N. The number of amides is 1. The highest BCUT2D eigenvalue weighted by atomic mass is 32.2. The number of para-hydroxylation sites is 1. The molecule has 0 saturated heterocycles. The summed E-state index contributed by atoms with van der Waals surface area (Å²) in [4.78, 5) is 16.1. The van der Waals surface area contributed by atoms with E-state index in [1.807, 2.05) is 73.1 Å². The predicted octanol–water partition coefficient (Wildman–Crippen LogP) is 4.40. The largest absolute Gasteiger partial charge is 0.394 e. The summed E-state index contributed by atoms with van der Waals surface area (Å²) in [6.07, 6.45) is -0.610. The van der Waals surface area contributed by atoms with Gasteiger partial charge in [-0.15, -0.1) is 0 Å². The van der Waals surface area contributed by atoms with E-state index in [0.717, 1.165) is 27.6 Å². The second-order valence-corrected chi connectivity index (χ2v) is 13.2. The molecule has 3 aromatic carbocycles. The Labute approximate surface area is 252 Å². The number of carbonyl (C=O) groups excluding carboxylic acids is 1. The molecule has 1 aliphatic rings. The minimum Gasteiger partial charge on any atom is -0.394 e. The first kappa shape index (κ1) is 30.4. The Morgan fingerprint density at radius 1 is 1.09 bits per heavy atom. The second-order valence-electron chi connectivity index (χ2n) is 11.2. The molecule has 43 heavy (non-hydrogen) atoms. The van der Waals surface area contributed by atoms with Gasteiger partial charge in [0.25, 0.3) is 5.91 Å². The van der Waals surface area contributed by atoms with Gasteiger partial charge in [0.05, 0.1) is 35.8 Å². The van der Waals surface area contributed by atoms with Crippen molar-refractivity contribution in [2.24, 2.45) is 13.0 Å². The monoisotopic (exact) mass is 600 g/mol. The van der Waals surface area contributed by atoms with Crippen molar-refractivity contribution in [1.29, 1.82) is 5.26 Å². The molecule has 0 fully saturated rings. The number of hydrogen-bond acceptors (Lipinski definition) is 6. The van der Waals surface area contributed by atoms with E-state index >= 15 is 0 Å². The van der Waals surface area contributed by atoms with Gasteiger partial charge in [-0.05, 0) is 36.2 Å². The van der Waals surface area contributed by atoms with Crippen LogP contribution in [0.1, 0.15) is 35.5 Å². The van der Waals surface area contributed by atoms with Gasteiger partial charge in [-0.3, -0.25) is 4.79 Å². The number of hydrogen-bond donors (Lipinski definition) is 1. The molecule has 2 heterocycles. The van der Waals surface area contributed by atoms with Crippen LogP contribution in [0.25, 0.3) is 22.0 Å². The lowest BCUT2D eigenvalue weighted by molar-refractivity contribution is -0.0147. The maximum atomic E-state index is 14.5.